The maximum Gasteiger partial charge on any atom is 0.0300 e. The minimum Gasteiger partial charge on any atom is -0.310 e. The summed E-state index contributed by atoms with van der Waals surface area (Å²) in [4.78, 5) is 0. The first-order chi connectivity index (χ1) is 6.86. The van der Waals surface area contributed by atoms with E-state index in [1.165, 1.54) is 30.0 Å². The van der Waals surface area contributed by atoms with E-state index in [1.54, 1.807) is 11.3 Å². The van der Waals surface area contributed by atoms with E-state index in [4.69, 9.17) is 0 Å². The van der Waals surface area contributed by atoms with Crippen LogP contribution in [0.15, 0.2) is 16.8 Å². The molecular weight excluding hydrogens is 210 g/mol. The Kier molecular flexibility index (Phi) is 3.90. The molecule has 0 amide bonds. The first-order valence-electron chi connectivity index (χ1n) is 5.19. The fourth-order valence-corrected chi connectivity index (χ4v) is 3.77. The molecule has 1 aliphatic rings. The molecule has 0 spiro atoms. The first-order valence-corrected chi connectivity index (χ1v) is 7.29. The van der Waals surface area contributed by atoms with Gasteiger partial charge >= 0.3 is 0 Å². The Morgan fingerprint density at radius 1 is 1.64 bits per heavy atom. The highest BCUT2D eigenvalue weighted by atomic mass is 32.2. The highest BCUT2D eigenvalue weighted by Crippen LogP contribution is 2.23. The van der Waals surface area contributed by atoms with Crippen LogP contribution in [0.2, 0.25) is 0 Å². The Balaban J connectivity index is 1.74. The molecule has 1 saturated heterocycles. The van der Waals surface area contributed by atoms with Crippen molar-refractivity contribution in [3.63, 3.8) is 0 Å². The second-order valence-electron chi connectivity index (χ2n) is 3.92. The van der Waals surface area contributed by atoms with E-state index >= 15 is 0 Å². The van der Waals surface area contributed by atoms with Crippen LogP contribution in [0.25, 0.3) is 0 Å². The van der Waals surface area contributed by atoms with Crippen molar-refractivity contribution in [2.24, 2.45) is 5.92 Å². The molecule has 0 aliphatic carbocycles. The van der Waals surface area contributed by atoms with Gasteiger partial charge in [0.1, 0.15) is 0 Å². The lowest BCUT2D eigenvalue weighted by molar-refractivity contribution is 0.478. The van der Waals surface area contributed by atoms with Crippen LogP contribution in [-0.2, 0) is 0 Å². The van der Waals surface area contributed by atoms with Crippen molar-refractivity contribution in [1.82, 2.24) is 5.32 Å². The van der Waals surface area contributed by atoms with Crippen LogP contribution < -0.4 is 5.32 Å². The van der Waals surface area contributed by atoms with E-state index in [-0.39, 0.29) is 0 Å². The predicted octanol–water partition coefficient (Wildman–Crippen LogP) is 3.15. The third-order valence-electron chi connectivity index (χ3n) is 2.78. The maximum absolute atomic E-state index is 3.62. The molecule has 1 nitrogen and oxygen atoms in total. The third kappa shape index (κ3) is 2.75. The standard InChI is InChI=1S/C11H17NS2/c1-9(11-3-5-14-8-11)12-6-10-2-4-13-7-10/h3,5,8-10,12H,2,4,6-7H2,1H3. The van der Waals surface area contributed by atoms with Gasteiger partial charge in [-0.1, -0.05) is 0 Å². The van der Waals surface area contributed by atoms with Crippen LogP contribution in [0.3, 0.4) is 0 Å². The number of hydrogen-bond acceptors (Lipinski definition) is 3. The van der Waals surface area contributed by atoms with Crippen LogP contribution in [0.1, 0.15) is 24.9 Å². The van der Waals surface area contributed by atoms with E-state index < -0.39 is 0 Å². The van der Waals surface area contributed by atoms with Gasteiger partial charge in [0.05, 0.1) is 0 Å². The monoisotopic (exact) mass is 227 g/mol. The number of thioether (sulfide) groups is 1. The van der Waals surface area contributed by atoms with Gasteiger partial charge in [0, 0.05) is 6.04 Å². The van der Waals surface area contributed by atoms with E-state index in [0.29, 0.717) is 6.04 Å². The Morgan fingerprint density at radius 2 is 2.57 bits per heavy atom. The molecule has 2 heterocycles. The number of hydrogen-bond donors (Lipinski definition) is 1. The molecule has 1 aromatic rings. The summed E-state index contributed by atoms with van der Waals surface area (Å²) in [7, 11) is 0. The SMILES string of the molecule is CC(NCC1CCSC1)c1ccsc1. The Labute approximate surface area is 94.3 Å². The van der Waals surface area contributed by atoms with Crippen molar-refractivity contribution in [3.05, 3.63) is 22.4 Å². The Bertz CT molecular complexity index is 252. The quantitative estimate of drug-likeness (QED) is 0.848. The summed E-state index contributed by atoms with van der Waals surface area (Å²) in [5, 5.41) is 8.01. The molecule has 0 saturated carbocycles. The van der Waals surface area contributed by atoms with Crippen molar-refractivity contribution in [1.29, 1.82) is 0 Å². The molecule has 1 aliphatic heterocycles. The molecule has 0 bridgehead atoms. The van der Waals surface area contributed by atoms with Crippen LogP contribution >= 0.6 is 23.1 Å². The molecule has 78 valence electrons. The summed E-state index contributed by atoms with van der Waals surface area (Å²) < 4.78 is 0. The van der Waals surface area contributed by atoms with E-state index in [0.717, 1.165) is 5.92 Å². The van der Waals surface area contributed by atoms with E-state index in [1.807, 2.05) is 0 Å². The lowest BCUT2D eigenvalue weighted by Crippen LogP contribution is -2.25. The fraction of sp³-hybridized carbons (Fsp3) is 0.636. The fourth-order valence-electron chi connectivity index (χ4n) is 1.73. The normalized spacial score (nSPS) is 23.9. The summed E-state index contributed by atoms with van der Waals surface area (Å²) in [5.74, 6) is 3.61. The summed E-state index contributed by atoms with van der Waals surface area (Å²) in [6.45, 7) is 3.44. The van der Waals surface area contributed by atoms with E-state index in [2.05, 4.69) is 40.8 Å². The molecule has 1 N–H and O–H groups in total. The van der Waals surface area contributed by atoms with Gasteiger partial charge in [0.15, 0.2) is 0 Å². The average molecular weight is 227 g/mol. The molecule has 0 aromatic carbocycles. The minimum absolute atomic E-state index is 0.520. The van der Waals surface area contributed by atoms with Crippen molar-refractivity contribution in [2.75, 3.05) is 18.1 Å². The number of rotatable bonds is 4. The highest BCUT2D eigenvalue weighted by Gasteiger charge is 2.16. The van der Waals surface area contributed by atoms with Crippen LogP contribution in [-0.4, -0.2) is 18.1 Å². The summed E-state index contributed by atoms with van der Waals surface area (Å²) in [6.07, 6.45) is 1.40. The van der Waals surface area contributed by atoms with Crippen molar-refractivity contribution < 1.29 is 0 Å². The molecule has 2 atom stereocenters. The topological polar surface area (TPSA) is 12.0 Å². The maximum atomic E-state index is 3.62. The van der Waals surface area contributed by atoms with Crippen LogP contribution in [0.4, 0.5) is 0 Å². The van der Waals surface area contributed by atoms with Gasteiger partial charge in [-0.3, -0.25) is 0 Å². The minimum atomic E-state index is 0.520. The lowest BCUT2D eigenvalue weighted by atomic mass is 10.1. The second-order valence-corrected chi connectivity index (χ2v) is 5.85. The van der Waals surface area contributed by atoms with Crippen LogP contribution in [0.5, 0.6) is 0 Å². The summed E-state index contributed by atoms with van der Waals surface area (Å²) >= 11 is 3.88. The van der Waals surface area contributed by atoms with Gasteiger partial charge in [-0.05, 0) is 59.7 Å². The molecule has 2 unspecified atom stereocenters. The van der Waals surface area contributed by atoms with Gasteiger partial charge in [-0.25, -0.2) is 0 Å². The Hall–Kier alpha value is 0.01000. The summed E-state index contributed by atoms with van der Waals surface area (Å²) in [5.41, 5.74) is 1.43. The van der Waals surface area contributed by atoms with Crippen molar-refractivity contribution in [2.45, 2.75) is 19.4 Å². The molecule has 3 heteroatoms. The van der Waals surface area contributed by atoms with Gasteiger partial charge in [0.25, 0.3) is 0 Å². The third-order valence-corrected chi connectivity index (χ3v) is 4.71. The zero-order valence-corrected chi connectivity index (χ0v) is 10.2. The molecule has 14 heavy (non-hydrogen) atoms. The summed E-state index contributed by atoms with van der Waals surface area (Å²) in [6, 6.07) is 2.73. The zero-order valence-electron chi connectivity index (χ0n) is 8.53. The zero-order chi connectivity index (χ0) is 9.80. The van der Waals surface area contributed by atoms with Gasteiger partial charge < -0.3 is 5.32 Å². The molecular formula is C11H17NS2. The van der Waals surface area contributed by atoms with Crippen molar-refractivity contribution >= 4 is 23.1 Å². The molecule has 0 radical (unpaired) electrons. The predicted molar refractivity (Wildman–Crippen MR) is 66.2 cm³/mol. The number of nitrogens with one attached hydrogen (secondary N) is 1. The lowest BCUT2D eigenvalue weighted by Gasteiger charge is -2.15. The largest absolute Gasteiger partial charge is 0.310 e. The molecule has 1 fully saturated rings. The first kappa shape index (κ1) is 10.5. The van der Waals surface area contributed by atoms with Crippen LogP contribution in [0, 0.1) is 5.92 Å². The molecule has 2 rings (SSSR count). The average Bonchev–Trinajstić information content (AvgIpc) is 2.87. The molecule has 1 aromatic heterocycles. The van der Waals surface area contributed by atoms with Gasteiger partial charge in [-0.15, -0.1) is 0 Å². The highest BCUT2D eigenvalue weighted by molar-refractivity contribution is 7.99. The number of thiophene rings is 1. The smallest absolute Gasteiger partial charge is 0.0300 e. The Morgan fingerprint density at radius 3 is 3.21 bits per heavy atom. The second kappa shape index (κ2) is 5.19. The van der Waals surface area contributed by atoms with Gasteiger partial charge in [0.2, 0.25) is 0 Å². The van der Waals surface area contributed by atoms with E-state index in [9.17, 15) is 0 Å². The van der Waals surface area contributed by atoms with Gasteiger partial charge in [-0.2, -0.15) is 23.1 Å². The van der Waals surface area contributed by atoms with Crippen molar-refractivity contribution in [3.8, 4) is 0 Å².